The monoisotopic (exact) mass is 372 g/mol. The van der Waals surface area contributed by atoms with E-state index in [2.05, 4.69) is 9.97 Å². The number of rotatable bonds is 3. The summed E-state index contributed by atoms with van der Waals surface area (Å²) < 4.78 is 16.0. The summed E-state index contributed by atoms with van der Waals surface area (Å²) in [4.78, 5) is 7.65. The maximum atomic E-state index is 14.0. The number of pyridine rings is 1. The number of nitrogens with zero attached hydrogens (tertiary/aromatic N) is 2. The van der Waals surface area contributed by atoms with E-state index in [1.165, 1.54) is 6.07 Å². The average molecular weight is 373 g/mol. The van der Waals surface area contributed by atoms with Crippen molar-refractivity contribution < 1.29 is 8.96 Å². The van der Waals surface area contributed by atoms with Gasteiger partial charge in [-0.2, -0.15) is 4.57 Å². The Morgan fingerprint density at radius 1 is 1.04 bits per heavy atom. The van der Waals surface area contributed by atoms with Crippen LogP contribution >= 0.6 is 23.2 Å². The number of imidazole rings is 1. The standard InChI is InChI=1S/C19H12Cl2FN3/c20-14-6-5-12(9-15(14)21)10-25-8-7-17-18(11-25)24-19(23-17)13-3-1-2-4-16(13)22/h1-9,11H,10H2/p+1. The lowest BCUT2D eigenvalue weighted by molar-refractivity contribution is -0.687. The van der Waals surface area contributed by atoms with E-state index in [1.54, 1.807) is 24.3 Å². The first-order valence-electron chi connectivity index (χ1n) is 7.68. The highest BCUT2D eigenvalue weighted by Crippen LogP contribution is 2.23. The number of benzene rings is 2. The van der Waals surface area contributed by atoms with E-state index in [4.69, 9.17) is 23.2 Å². The number of aromatic amines is 1. The van der Waals surface area contributed by atoms with Crippen molar-refractivity contribution in [2.45, 2.75) is 6.54 Å². The maximum Gasteiger partial charge on any atom is 0.195 e. The van der Waals surface area contributed by atoms with E-state index in [-0.39, 0.29) is 5.82 Å². The van der Waals surface area contributed by atoms with E-state index in [0.29, 0.717) is 28.0 Å². The molecule has 0 aliphatic carbocycles. The van der Waals surface area contributed by atoms with Crippen LogP contribution in [0, 0.1) is 5.82 Å². The number of hydrogen-bond donors (Lipinski definition) is 1. The van der Waals surface area contributed by atoms with E-state index >= 15 is 0 Å². The highest BCUT2D eigenvalue weighted by molar-refractivity contribution is 6.42. The minimum Gasteiger partial charge on any atom is -0.333 e. The number of halogens is 3. The van der Waals surface area contributed by atoms with Gasteiger partial charge in [0.1, 0.15) is 22.7 Å². The van der Waals surface area contributed by atoms with Gasteiger partial charge in [-0.3, -0.25) is 0 Å². The molecular formula is C19H13Cl2FN3+. The highest BCUT2D eigenvalue weighted by atomic mass is 35.5. The van der Waals surface area contributed by atoms with Gasteiger partial charge in [0.2, 0.25) is 0 Å². The van der Waals surface area contributed by atoms with Gasteiger partial charge in [-0.05, 0) is 24.3 Å². The topological polar surface area (TPSA) is 32.6 Å². The normalized spacial score (nSPS) is 11.2. The molecule has 124 valence electrons. The zero-order valence-corrected chi connectivity index (χ0v) is 14.5. The lowest BCUT2D eigenvalue weighted by Gasteiger charge is -2.00. The fourth-order valence-corrected chi connectivity index (χ4v) is 3.05. The smallest absolute Gasteiger partial charge is 0.195 e. The molecule has 4 aromatic rings. The molecular weight excluding hydrogens is 360 g/mol. The van der Waals surface area contributed by atoms with Crippen molar-refractivity contribution in [3.05, 3.63) is 82.4 Å². The molecule has 0 radical (unpaired) electrons. The summed E-state index contributed by atoms with van der Waals surface area (Å²) in [5.41, 5.74) is 3.10. The number of fused-ring (bicyclic) bond motifs is 1. The van der Waals surface area contributed by atoms with Crippen LogP contribution in [0.3, 0.4) is 0 Å². The second-order valence-corrected chi connectivity index (χ2v) is 6.54. The van der Waals surface area contributed by atoms with E-state index in [1.807, 2.05) is 35.2 Å². The third kappa shape index (κ3) is 3.23. The summed E-state index contributed by atoms with van der Waals surface area (Å²) in [6, 6.07) is 14.0. The minimum atomic E-state index is -0.301. The van der Waals surface area contributed by atoms with E-state index in [0.717, 1.165) is 16.6 Å². The van der Waals surface area contributed by atoms with Crippen LogP contribution in [0.1, 0.15) is 5.56 Å². The van der Waals surface area contributed by atoms with Crippen LogP contribution in [-0.4, -0.2) is 9.97 Å². The van der Waals surface area contributed by atoms with Crippen molar-refractivity contribution in [1.29, 1.82) is 0 Å². The molecule has 0 aliphatic heterocycles. The number of hydrogen-bond acceptors (Lipinski definition) is 1. The SMILES string of the molecule is Fc1ccccc1-c1nc2cc[n+](Cc3ccc(Cl)c(Cl)c3)cc2[nH]1. The Bertz CT molecular complexity index is 1080. The van der Waals surface area contributed by atoms with Crippen LogP contribution < -0.4 is 4.57 Å². The molecule has 3 nitrogen and oxygen atoms in total. The largest absolute Gasteiger partial charge is 0.333 e. The van der Waals surface area contributed by atoms with Crippen LogP contribution in [0.15, 0.2) is 60.9 Å². The molecule has 0 aliphatic rings. The van der Waals surface area contributed by atoms with Crippen LogP contribution in [-0.2, 0) is 6.54 Å². The lowest BCUT2D eigenvalue weighted by atomic mass is 10.2. The minimum absolute atomic E-state index is 0.301. The van der Waals surface area contributed by atoms with Gasteiger partial charge in [-0.15, -0.1) is 0 Å². The van der Waals surface area contributed by atoms with Crippen LogP contribution in [0.25, 0.3) is 22.4 Å². The zero-order valence-electron chi connectivity index (χ0n) is 13.0. The molecule has 0 fully saturated rings. The summed E-state index contributed by atoms with van der Waals surface area (Å²) in [5.74, 6) is 0.214. The summed E-state index contributed by atoms with van der Waals surface area (Å²) in [5, 5.41) is 1.07. The van der Waals surface area contributed by atoms with Gasteiger partial charge in [0.25, 0.3) is 0 Å². The van der Waals surface area contributed by atoms with Gasteiger partial charge < -0.3 is 4.98 Å². The van der Waals surface area contributed by atoms with Gasteiger partial charge in [0.15, 0.2) is 18.9 Å². The summed E-state index contributed by atoms with van der Waals surface area (Å²) >= 11 is 12.0. The van der Waals surface area contributed by atoms with Crippen molar-refractivity contribution in [2.75, 3.05) is 0 Å². The predicted octanol–water partition coefficient (Wildman–Crippen LogP) is 5.01. The molecule has 4 rings (SSSR count). The second-order valence-electron chi connectivity index (χ2n) is 5.73. The lowest BCUT2D eigenvalue weighted by Crippen LogP contribution is -2.33. The Labute approximate surface area is 153 Å². The predicted molar refractivity (Wildman–Crippen MR) is 97.2 cm³/mol. The quantitative estimate of drug-likeness (QED) is 0.503. The van der Waals surface area contributed by atoms with E-state index in [9.17, 15) is 4.39 Å². The maximum absolute atomic E-state index is 14.0. The van der Waals surface area contributed by atoms with E-state index < -0.39 is 0 Å². The first-order chi connectivity index (χ1) is 12.1. The first-order valence-corrected chi connectivity index (χ1v) is 8.43. The van der Waals surface area contributed by atoms with Crippen LogP contribution in [0.4, 0.5) is 4.39 Å². The molecule has 0 atom stereocenters. The Balaban J connectivity index is 1.68. The number of H-pyrrole nitrogens is 1. The zero-order chi connectivity index (χ0) is 17.4. The molecule has 2 aromatic carbocycles. The summed E-state index contributed by atoms with van der Waals surface area (Å²) in [6.45, 7) is 0.640. The number of aromatic nitrogens is 3. The highest BCUT2D eigenvalue weighted by Gasteiger charge is 2.13. The van der Waals surface area contributed by atoms with Crippen molar-refractivity contribution in [3.63, 3.8) is 0 Å². The molecule has 1 N–H and O–H groups in total. The fraction of sp³-hybridized carbons (Fsp3) is 0.0526. The molecule has 2 heterocycles. The molecule has 0 spiro atoms. The van der Waals surface area contributed by atoms with Gasteiger partial charge in [0, 0.05) is 11.6 Å². The average Bonchev–Trinajstić information content (AvgIpc) is 3.01. The van der Waals surface area contributed by atoms with Crippen molar-refractivity contribution in [2.24, 2.45) is 0 Å². The Morgan fingerprint density at radius 2 is 1.88 bits per heavy atom. The molecule has 0 bridgehead atoms. The molecule has 0 saturated carbocycles. The molecule has 25 heavy (non-hydrogen) atoms. The molecule has 0 unspecified atom stereocenters. The third-order valence-corrected chi connectivity index (χ3v) is 4.70. The molecule has 2 aromatic heterocycles. The molecule has 0 amide bonds. The Morgan fingerprint density at radius 3 is 2.68 bits per heavy atom. The Hall–Kier alpha value is -2.43. The van der Waals surface area contributed by atoms with Crippen molar-refractivity contribution in [1.82, 2.24) is 9.97 Å². The van der Waals surface area contributed by atoms with Gasteiger partial charge >= 0.3 is 0 Å². The van der Waals surface area contributed by atoms with Crippen molar-refractivity contribution in [3.8, 4) is 11.4 Å². The third-order valence-electron chi connectivity index (χ3n) is 3.96. The van der Waals surface area contributed by atoms with Gasteiger partial charge in [-0.1, -0.05) is 41.4 Å². The second kappa shape index (κ2) is 6.47. The number of nitrogens with one attached hydrogen (secondary N) is 1. The first kappa shape index (κ1) is 16.1. The Kier molecular flexibility index (Phi) is 4.15. The molecule has 0 saturated heterocycles. The summed E-state index contributed by atoms with van der Waals surface area (Å²) in [6.07, 6.45) is 3.87. The molecule has 6 heteroatoms. The summed E-state index contributed by atoms with van der Waals surface area (Å²) in [7, 11) is 0. The van der Waals surface area contributed by atoms with Gasteiger partial charge in [0.05, 0.1) is 15.6 Å². The van der Waals surface area contributed by atoms with Crippen molar-refractivity contribution >= 4 is 34.2 Å². The van der Waals surface area contributed by atoms with Crippen LogP contribution in [0.5, 0.6) is 0 Å². The fourth-order valence-electron chi connectivity index (χ4n) is 2.73. The van der Waals surface area contributed by atoms with Gasteiger partial charge in [-0.25, -0.2) is 9.37 Å². The van der Waals surface area contributed by atoms with Crippen LogP contribution in [0.2, 0.25) is 10.0 Å².